The van der Waals surface area contributed by atoms with Crippen LogP contribution in [0.1, 0.15) is 0 Å². The average molecular weight is 259 g/mol. The van der Waals surface area contributed by atoms with Crippen molar-refractivity contribution in [2.75, 3.05) is 20.0 Å². The van der Waals surface area contributed by atoms with Crippen molar-refractivity contribution in [3.63, 3.8) is 0 Å². The summed E-state index contributed by atoms with van der Waals surface area (Å²) in [5, 5.41) is 10.3. The highest BCUT2D eigenvalue weighted by Crippen LogP contribution is 2.29. The molecule has 1 aromatic rings. The molecule has 0 fully saturated rings. The van der Waals surface area contributed by atoms with Gasteiger partial charge in [-0.15, -0.1) is 0 Å². The van der Waals surface area contributed by atoms with Gasteiger partial charge in [0.15, 0.2) is 21.3 Å². The Morgan fingerprint density at radius 1 is 1.24 bits per heavy atom. The van der Waals surface area contributed by atoms with Crippen LogP contribution in [-0.4, -0.2) is 34.4 Å². The Bertz CT molecular complexity index is 520. The molecule has 1 aromatic carbocycles. The Morgan fingerprint density at radius 2 is 1.82 bits per heavy atom. The Kier molecular flexibility index (Phi) is 3.95. The van der Waals surface area contributed by atoms with Crippen molar-refractivity contribution in [1.29, 1.82) is 0 Å². The number of hydrogen-bond acceptors (Lipinski definition) is 6. The summed E-state index contributed by atoms with van der Waals surface area (Å²) in [6.07, 6.45) is 0. The molecule has 0 saturated heterocycles. The Hall–Kier alpha value is -1.76. The third-order valence-corrected chi connectivity index (χ3v) is 3.61. The van der Waals surface area contributed by atoms with Crippen LogP contribution in [0, 0.1) is 0 Å². The summed E-state index contributed by atoms with van der Waals surface area (Å²) in [5.74, 6) is -2.14. The van der Waals surface area contributed by atoms with E-state index in [1.54, 1.807) is 0 Å². The van der Waals surface area contributed by atoms with Crippen molar-refractivity contribution in [3.05, 3.63) is 18.2 Å². The lowest BCUT2D eigenvalue weighted by Crippen LogP contribution is -2.30. The summed E-state index contributed by atoms with van der Waals surface area (Å²) in [5.41, 5.74) is 0. The summed E-state index contributed by atoms with van der Waals surface area (Å²) in [4.78, 5) is 10.2. The number of carboxylic acid groups (broad SMARTS) is 1. The highest BCUT2D eigenvalue weighted by Gasteiger charge is 2.17. The van der Waals surface area contributed by atoms with Crippen LogP contribution in [0.4, 0.5) is 0 Å². The van der Waals surface area contributed by atoms with Crippen LogP contribution in [0.25, 0.3) is 0 Å². The van der Waals surface area contributed by atoms with E-state index in [2.05, 4.69) is 0 Å². The second kappa shape index (κ2) is 5.05. The molecule has 1 rings (SSSR count). The van der Waals surface area contributed by atoms with E-state index in [4.69, 9.17) is 9.47 Å². The molecular formula is C10H11O6S-. The fourth-order valence-electron chi connectivity index (χ4n) is 1.25. The molecule has 0 amide bonds. The van der Waals surface area contributed by atoms with Crippen LogP contribution in [0.15, 0.2) is 23.1 Å². The van der Waals surface area contributed by atoms with Gasteiger partial charge in [-0.2, -0.15) is 0 Å². The number of carboxylic acids is 1. The number of carbonyl (C=O) groups is 1. The van der Waals surface area contributed by atoms with E-state index < -0.39 is 21.6 Å². The van der Waals surface area contributed by atoms with Gasteiger partial charge in [0.2, 0.25) is 0 Å². The second-order valence-electron chi connectivity index (χ2n) is 3.15. The van der Waals surface area contributed by atoms with E-state index in [1.165, 1.54) is 32.4 Å². The van der Waals surface area contributed by atoms with Crippen molar-refractivity contribution >= 4 is 15.8 Å². The van der Waals surface area contributed by atoms with Gasteiger partial charge in [0.05, 0.1) is 30.8 Å². The molecule has 0 spiro atoms. The Morgan fingerprint density at radius 3 is 2.29 bits per heavy atom. The molecule has 94 valence electrons. The molecule has 7 heteroatoms. The zero-order chi connectivity index (χ0) is 13.1. The quantitative estimate of drug-likeness (QED) is 0.689. The van der Waals surface area contributed by atoms with Crippen LogP contribution in [0.3, 0.4) is 0 Å². The molecule has 0 radical (unpaired) electrons. The summed E-state index contributed by atoms with van der Waals surface area (Å²) in [6, 6.07) is 3.84. The van der Waals surface area contributed by atoms with Gasteiger partial charge in [0.1, 0.15) is 0 Å². The van der Waals surface area contributed by atoms with Gasteiger partial charge in [-0.1, -0.05) is 0 Å². The number of carbonyl (C=O) groups excluding carboxylic acids is 1. The molecule has 17 heavy (non-hydrogen) atoms. The maximum atomic E-state index is 11.6. The smallest absolute Gasteiger partial charge is 0.183 e. The van der Waals surface area contributed by atoms with Crippen LogP contribution in [0.5, 0.6) is 11.5 Å². The number of methoxy groups -OCH3 is 2. The molecule has 6 nitrogen and oxygen atoms in total. The number of rotatable bonds is 5. The molecular weight excluding hydrogens is 248 g/mol. The van der Waals surface area contributed by atoms with Gasteiger partial charge in [-0.05, 0) is 12.1 Å². The normalized spacial score (nSPS) is 10.9. The number of aliphatic carboxylic acids is 1. The summed E-state index contributed by atoms with van der Waals surface area (Å²) in [7, 11) is -1.15. The van der Waals surface area contributed by atoms with Crippen molar-refractivity contribution < 1.29 is 27.8 Å². The number of ether oxygens (including phenoxy) is 2. The predicted molar refractivity (Wildman–Crippen MR) is 56.6 cm³/mol. The van der Waals surface area contributed by atoms with E-state index in [1.807, 2.05) is 0 Å². The maximum absolute atomic E-state index is 11.6. The molecule has 0 atom stereocenters. The van der Waals surface area contributed by atoms with Crippen molar-refractivity contribution in [2.24, 2.45) is 0 Å². The molecule has 0 bridgehead atoms. The maximum Gasteiger partial charge on any atom is 0.183 e. The fourth-order valence-corrected chi connectivity index (χ4v) is 2.29. The molecule has 0 aliphatic carbocycles. The molecule has 0 aliphatic heterocycles. The lowest BCUT2D eigenvalue weighted by Gasteiger charge is -2.10. The Balaban J connectivity index is 3.20. The highest BCUT2D eigenvalue weighted by molar-refractivity contribution is 7.92. The third kappa shape index (κ3) is 3.10. The standard InChI is InChI=1S/C10H12O6S/c1-15-8-4-3-7(5-9(8)16-2)17(13,14)6-10(11)12/h3-5H,6H2,1-2H3,(H,11,12)/p-1. The van der Waals surface area contributed by atoms with Gasteiger partial charge in [-0.3, -0.25) is 0 Å². The van der Waals surface area contributed by atoms with Crippen LogP contribution < -0.4 is 14.6 Å². The van der Waals surface area contributed by atoms with Gasteiger partial charge in [0, 0.05) is 6.07 Å². The minimum absolute atomic E-state index is 0.153. The van der Waals surface area contributed by atoms with Gasteiger partial charge < -0.3 is 19.4 Å². The van der Waals surface area contributed by atoms with Crippen LogP contribution >= 0.6 is 0 Å². The largest absolute Gasteiger partial charge is 0.549 e. The first-order valence-electron chi connectivity index (χ1n) is 4.55. The number of hydrogen-bond donors (Lipinski definition) is 0. The van der Waals surface area contributed by atoms with Gasteiger partial charge >= 0.3 is 0 Å². The molecule has 0 aliphatic rings. The SMILES string of the molecule is COc1ccc(S(=O)(=O)CC(=O)[O-])cc1OC. The first kappa shape index (κ1) is 13.3. The number of sulfone groups is 1. The molecule has 0 heterocycles. The second-order valence-corrected chi connectivity index (χ2v) is 5.14. The first-order chi connectivity index (χ1) is 7.90. The topological polar surface area (TPSA) is 92.7 Å². The summed E-state index contributed by atoms with van der Waals surface area (Å²) in [6.45, 7) is 0. The first-order valence-corrected chi connectivity index (χ1v) is 6.20. The lowest BCUT2D eigenvalue weighted by atomic mass is 10.3. The summed E-state index contributed by atoms with van der Waals surface area (Å²) < 4.78 is 33.0. The van der Waals surface area contributed by atoms with Crippen molar-refractivity contribution in [1.82, 2.24) is 0 Å². The van der Waals surface area contributed by atoms with E-state index in [9.17, 15) is 18.3 Å². The lowest BCUT2D eigenvalue weighted by molar-refractivity contribution is -0.301. The monoisotopic (exact) mass is 259 g/mol. The molecule has 0 unspecified atom stereocenters. The Labute approximate surface area is 98.7 Å². The summed E-state index contributed by atoms with van der Waals surface area (Å²) >= 11 is 0. The minimum Gasteiger partial charge on any atom is -0.549 e. The van der Waals surface area contributed by atoms with E-state index in [-0.39, 0.29) is 10.6 Å². The fraction of sp³-hybridized carbons (Fsp3) is 0.300. The van der Waals surface area contributed by atoms with Crippen LogP contribution in [0.2, 0.25) is 0 Å². The van der Waals surface area contributed by atoms with Gasteiger partial charge in [-0.25, -0.2) is 8.42 Å². The molecule has 0 saturated carbocycles. The highest BCUT2D eigenvalue weighted by atomic mass is 32.2. The van der Waals surface area contributed by atoms with Crippen molar-refractivity contribution in [3.8, 4) is 11.5 Å². The number of benzene rings is 1. The predicted octanol–water partition coefficient (Wildman–Crippen LogP) is -0.773. The van der Waals surface area contributed by atoms with Crippen LogP contribution in [-0.2, 0) is 14.6 Å². The van der Waals surface area contributed by atoms with Gasteiger partial charge in [0.25, 0.3) is 0 Å². The van der Waals surface area contributed by atoms with E-state index in [0.29, 0.717) is 5.75 Å². The third-order valence-electron chi connectivity index (χ3n) is 2.02. The van der Waals surface area contributed by atoms with E-state index >= 15 is 0 Å². The molecule has 0 aromatic heterocycles. The molecule has 0 N–H and O–H groups in total. The van der Waals surface area contributed by atoms with E-state index in [0.717, 1.165) is 0 Å². The minimum atomic E-state index is -3.91. The average Bonchev–Trinajstić information content (AvgIpc) is 2.26. The zero-order valence-electron chi connectivity index (χ0n) is 9.30. The van der Waals surface area contributed by atoms with Crippen molar-refractivity contribution in [2.45, 2.75) is 4.90 Å². The zero-order valence-corrected chi connectivity index (χ0v) is 10.1.